The van der Waals surface area contributed by atoms with Crippen molar-refractivity contribution in [2.45, 2.75) is 31.8 Å². The predicted molar refractivity (Wildman–Crippen MR) is 65.2 cm³/mol. The standard InChI is InChI=1S/C12H14N2O4/c13-11-6-5-8(14(16)17)7-10(11)12(15)18-9-3-1-2-4-9/h5-7,9H,1-4,13H2. The summed E-state index contributed by atoms with van der Waals surface area (Å²) in [5.74, 6) is -0.580. The number of hydrogen-bond donors (Lipinski definition) is 1. The molecule has 0 amide bonds. The molecule has 0 spiro atoms. The van der Waals surface area contributed by atoms with E-state index >= 15 is 0 Å². The maximum atomic E-state index is 11.9. The molecule has 0 atom stereocenters. The minimum atomic E-state index is -0.580. The van der Waals surface area contributed by atoms with E-state index in [0.29, 0.717) is 0 Å². The van der Waals surface area contributed by atoms with Gasteiger partial charge in [0.15, 0.2) is 0 Å². The lowest BCUT2D eigenvalue weighted by Crippen LogP contribution is -2.16. The molecule has 1 aliphatic carbocycles. The number of carbonyl (C=O) groups excluding carboxylic acids is 1. The molecule has 1 saturated carbocycles. The molecule has 6 heteroatoms. The first kappa shape index (κ1) is 12.3. The van der Waals surface area contributed by atoms with E-state index in [1.165, 1.54) is 12.1 Å². The Morgan fingerprint density at radius 2 is 2.06 bits per heavy atom. The van der Waals surface area contributed by atoms with Gasteiger partial charge >= 0.3 is 5.97 Å². The van der Waals surface area contributed by atoms with Crippen LogP contribution in [0.5, 0.6) is 0 Å². The molecule has 2 rings (SSSR count). The third-order valence-electron chi connectivity index (χ3n) is 3.04. The first-order valence-electron chi connectivity index (χ1n) is 5.83. The molecule has 1 fully saturated rings. The van der Waals surface area contributed by atoms with Crippen LogP contribution in [-0.4, -0.2) is 17.0 Å². The minimum absolute atomic E-state index is 0.0658. The smallest absolute Gasteiger partial charge is 0.340 e. The van der Waals surface area contributed by atoms with Crippen LogP contribution in [-0.2, 0) is 4.74 Å². The van der Waals surface area contributed by atoms with Crippen LogP contribution >= 0.6 is 0 Å². The second-order valence-corrected chi connectivity index (χ2v) is 4.34. The van der Waals surface area contributed by atoms with Crippen molar-refractivity contribution in [2.24, 2.45) is 0 Å². The molecule has 0 aromatic heterocycles. The van der Waals surface area contributed by atoms with E-state index < -0.39 is 10.9 Å². The van der Waals surface area contributed by atoms with Gasteiger partial charge in [0.2, 0.25) is 0 Å². The van der Waals surface area contributed by atoms with E-state index in [-0.39, 0.29) is 23.0 Å². The van der Waals surface area contributed by atoms with Crippen molar-refractivity contribution >= 4 is 17.3 Å². The summed E-state index contributed by atoms with van der Waals surface area (Å²) in [6.45, 7) is 0. The fourth-order valence-electron chi connectivity index (χ4n) is 2.06. The molecule has 1 aliphatic rings. The monoisotopic (exact) mass is 250 g/mol. The zero-order valence-corrected chi connectivity index (χ0v) is 9.80. The van der Waals surface area contributed by atoms with Gasteiger partial charge in [0.25, 0.3) is 5.69 Å². The zero-order chi connectivity index (χ0) is 13.1. The molecule has 96 valence electrons. The second kappa shape index (κ2) is 5.03. The largest absolute Gasteiger partial charge is 0.459 e. The van der Waals surface area contributed by atoms with Crippen LogP contribution in [0.3, 0.4) is 0 Å². The first-order chi connectivity index (χ1) is 8.58. The molecule has 0 radical (unpaired) electrons. The Hall–Kier alpha value is -2.11. The number of esters is 1. The van der Waals surface area contributed by atoms with E-state index in [2.05, 4.69) is 0 Å². The van der Waals surface area contributed by atoms with Gasteiger partial charge in [-0.05, 0) is 31.7 Å². The van der Waals surface area contributed by atoms with Crippen LogP contribution in [0.2, 0.25) is 0 Å². The summed E-state index contributed by atoms with van der Waals surface area (Å²) >= 11 is 0. The van der Waals surface area contributed by atoms with Gasteiger partial charge in [-0.25, -0.2) is 4.79 Å². The number of hydrogen-bond acceptors (Lipinski definition) is 5. The van der Waals surface area contributed by atoms with Crippen molar-refractivity contribution in [3.63, 3.8) is 0 Å². The lowest BCUT2D eigenvalue weighted by molar-refractivity contribution is -0.384. The Morgan fingerprint density at radius 3 is 2.67 bits per heavy atom. The van der Waals surface area contributed by atoms with Crippen LogP contribution in [0.15, 0.2) is 18.2 Å². The number of nitrogens with zero attached hydrogens (tertiary/aromatic N) is 1. The van der Waals surface area contributed by atoms with Crippen LogP contribution in [0.1, 0.15) is 36.0 Å². The van der Waals surface area contributed by atoms with Crippen molar-refractivity contribution in [1.82, 2.24) is 0 Å². The van der Waals surface area contributed by atoms with Crippen molar-refractivity contribution in [2.75, 3.05) is 5.73 Å². The van der Waals surface area contributed by atoms with Crippen molar-refractivity contribution in [3.8, 4) is 0 Å². The normalized spacial score (nSPS) is 15.6. The van der Waals surface area contributed by atoms with Gasteiger partial charge in [-0.1, -0.05) is 0 Å². The third-order valence-corrected chi connectivity index (χ3v) is 3.04. The minimum Gasteiger partial charge on any atom is -0.459 e. The lowest BCUT2D eigenvalue weighted by atomic mass is 10.1. The van der Waals surface area contributed by atoms with E-state index in [1.807, 2.05) is 0 Å². The number of nitro groups is 1. The quantitative estimate of drug-likeness (QED) is 0.384. The maximum absolute atomic E-state index is 11.9. The molecular formula is C12H14N2O4. The average molecular weight is 250 g/mol. The molecule has 0 heterocycles. The van der Waals surface area contributed by atoms with Gasteiger partial charge in [-0.3, -0.25) is 10.1 Å². The Bertz CT molecular complexity index is 481. The van der Waals surface area contributed by atoms with E-state index in [9.17, 15) is 14.9 Å². The van der Waals surface area contributed by atoms with Crippen LogP contribution < -0.4 is 5.73 Å². The predicted octanol–water partition coefficient (Wildman–Crippen LogP) is 2.28. The lowest BCUT2D eigenvalue weighted by Gasteiger charge is -2.12. The van der Waals surface area contributed by atoms with Gasteiger partial charge in [-0.15, -0.1) is 0 Å². The van der Waals surface area contributed by atoms with E-state index in [1.54, 1.807) is 0 Å². The van der Waals surface area contributed by atoms with Gasteiger partial charge < -0.3 is 10.5 Å². The molecule has 0 aliphatic heterocycles. The Kier molecular flexibility index (Phi) is 3.45. The highest BCUT2D eigenvalue weighted by atomic mass is 16.6. The van der Waals surface area contributed by atoms with Crippen LogP contribution in [0.4, 0.5) is 11.4 Å². The average Bonchev–Trinajstić information content (AvgIpc) is 2.81. The van der Waals surface area contributed by atoms with Crippen molar-refractivity contribution in [1.29, 1.82) is 0 Å². The summed E-state index contributed by atoms with van der Waals surface area (Å²) in [6, 6.07) is 3.78. The third kappa shape index (κ3) is 2.58. The summed E-state index contributed by atoms with van der Waals surface area (Å²) in [5.41, 5.74) is 5.74. The van der Waals surface area contributed by atoms with E-state index in [4.69, 9.17) is 10.5 Å². The number of carbonyl (C=O) groups is 1. The fourth-order valence-corrected chi connectivity index (χ4v) is 2.06. The first-order valence-corrected chi connectivity index (χ1v) is 5.83. The number of rotatable bonds is 3. The number of anilines is 1. The van der Waals surface area contributed by atoms with Gasteiger partial charge in [-0.2, -0.15) is 0 Å². The number of nitrogen functional groups attached to an aromatic ring is 1. The fraction of sp³-hybridized carbons (Fsp3) is 0.417. The van der Waals surface area contributed by atoms with Crippen molar-refractivity contribution < 1.29 is 14.5 Å². The summed E-state index contributed by atoms with van der Waals surface area (Å²) in [4.78, 5) is 22.0. The number of benzene rings is 1. The van der Waals surface area contributed by atoms with Gasteiger partial charge in [0, 0.05) is 17.8 Å². The highest BCUT2D eigenvalue weighted by Crippen LogP contribution is 2.25. The van der Waals surface area contributed by atoms with Gasteiger partial charge in [0.05, 0.1) is 10.5 Å². The summed E-state index contributed by atoms with van der Waals surface area (Å²) < 4.78 is 5.27. The molecule has 0 saturated heterocycles. The summed E-state index contributed by atoms with van der Waals surface area (Å²) in [7, 11) is 0. The molecule has 18 heavy (non-hydrogen) atoms. The SMILES string of the molecule is Nc1ccc([N+](=O)[O-])cc1C(=O)OC1CCCC1. The Morgan fingerprint density at radius 1 is 1.39 bits per heavy atom. The number of non-ortho nitro benzene ring substituents is 1. The summed E-state index contributed by atoms with van der Waals surface area (Å²) in [6.07, 6.45) is 3.70. The Balaban J connectivity index is 2.17. The topological polar surface area (TPSA) is 95.5 Å². The second-order valence-electron chi connectivity index (χ2n) is 4.34. The maximum Gasteiger partial charge on any atom is 0.340 e. The molecule has 1 aromatic rings. The van der Waals surface area contributed by atoms with Crippen LogP contribution in [0, 0.1) is 10.1 Å². The number of ether oxygens (including phenoxy) is 1. The molecular weight excluding hydrogens is 236 g/mol. The summed E-state index contributed by atoms with van der Waals surface area (Å²) in [5, 5.41) is 10.6. The van der Waals surface area contributed by atoms with E-state index in [0.717, 1.165) is 31.7 Å². The number of nitro benzene ring substituents is 1. The molecule has 0 unspecified atom stereocenters. The highest BCUT2D eigenvalue weighted by Gasteiger charge is 2.22. The molecule has 6 nitrogen and oxygen atoms in total. The number of nitrogens with two attached hydrogens (primary N) is 1. The van der Waals surface area contributed by atoms with Crippen molar-refractivity contribution in [3.05, 3.63) is 33.9 Å². The molecule has 0 bridgehead atoms. The Labute approximate surface area is 104 Å². The highest BCUT2D eigenvalue weighted by molar-refractivity contribution is 5.95. The van der Waals surface area contributed by atoms with Gasteiger partial charge in [0.1, 0.15) is 6.10 Å². The van der Waals surface area contributed by atoms with Crippen LogP contribution in [0.25, 0.3) is 0 Å². The molecule has 2 N–H and O–H groups in total. The molecule has 1 aromatic carbocycles. The zero-order valence-electron chi connectivity index (χ0n) is 9.80.